The Morgan fingerprint density at radius 3 is 2.65 bits per heavy atom. The maximum Gasteiger partial charge on any atom is 0.0992 e. The molecule has 0 unspecified atom stereocenters. The predicted molar refractivity (Wildman–Crippen MR) is 72.7 cm³/mol. The van der Waals surface area contributed by atoms with Gasteiger partial charge in [-0.2, -0.15) is 5.26 Å². The van der Waals surface area contributed by atoms with Gasteiger partial charge in [-0.3, -0.25) is 0 Å². The number of nitrogens with one attached hydrogen (secondary N) is 1. The Balaban J connectivity index is 2.21. The van der Waals surface area contributed by atoms with Gasteiger partial charge < -0.3 is 11.1 Å². The van der Waals surface area contributed by atoms with Crippen molar-refractivity contribution in [2.45, 2.75) is 31.2 Å². The number of benzene rings is 1. The molecule has 0 bridgehead atoms. The molecular weight excluding hydrogens is 278 g/mol. The molecule has 0 amide bonds. The summed E-state index contributed by atoms with van der Waals surface area (Å²) in [5.41, 5.74) is 7.62. The van der Waals surface area contributed by atoms with Gasteiger partial charge in [0.2, 0.25) is 0 Å². The minimum Gasteiger partial charge on any atom is -0.377 e. The number of nitrogens with two attached hydrogens (primary N) is 1. The van der Waals surface area contributed by atoms with Crippen molar-refractivity contribution in [3.05, 3.63) is 28.2 Å². The van der Waals surface area contributed by atoms with E-state index in [2.05, 4.69) is 27.3 Å². The Morgan fingerprint density at radius 2 is 2.12 bits per heavy atom. The molecule has 17 heavy (non-hydrogen) atoms. The van der Waals surface area contributed by atoms with Crippen LogP contribution in [0.1, 0.15) is 31.2 Å². The van der Waals surface area contributed by atoms with Crippen LogP contribution in [0.3, 0.4) is 0 Å². The van der Waals surface area contributed by atoms with Gasteiger partial charge in [0, 0.05) is 22.2 Å². The van der Waals surface area contributed by atoms with E-state index in [0.29, 0.717) is 12.1 Å². The van der Waals surface area contributed by atoms with E-state index in [9.17, 15) is 0 Å². The summed E-state index contributed by atoms with van der Waals surface area (Å²) in [7, 11) is 0. The first-order valence-corrected chi connectivity index (χ1v) is 6.66. The Hall–Kier alpha value is -1.05. The number of halogens is 1. The minimum absolute atomic E-state index is 0.0384. The molecule has 1 aromatic rings. The summed E-state index contributed by atoms with van der Waals surface area (Å²) in [5.74, 6) is 0. The van der Waals surface area contributed by atoms with E-state index in [1.807, 2.05) is 18.2 Å². The lowest BCUT2D eigenvalue weighted by atomic mass is 9.97. The van der Waals surface area contributed by atoms with Gasteiger partial charge in [0.1, 0.15) is 0 Å². The van der Waals surface area contributed by atoms with Crippen molar-refractivity contribution in [3.8, 4) is 6.07 Å². The molecule has 1 saturated carbocycles. The summed E-state index contributed by atoms with van der Waals surface area (Å²) in [6, 6.07) is 7.73. The first-order valence-electron chi connectivity index (χ1n) is 5.87. The third kappa shape index (κ3) is 2.62. The van der Waals surface area contributed by atoms with Crippen LogP contribution < -0.4 is 11.1 Å². The van der Waals surface area contributed by atoms with Crippen molar-refractivity contribution in [3.63, 3.8) is 0 Å². The van der Waals surface area contributed by atoms with Crippen LogP contribution in [-0.4, -0.2) is 12.1 Å². The molecule has 0 radical (unpaired) electrons. The van der Waals surface area contributed by atoms with Crippen molar-refractivity contribution in [2.24, 2.45) is 5.73 Å². The molecule has 1 fully saturated rings. The van der Waals surface area contributed by atoms with E-state index in [4.69, 9.17) is 11.0 Å². The molecule has 0 atom stereocenters. The van der Waals surface area contributed by atoms with Crippen LogP contribution in [-0.2, 0) is 0 Å². The number of nitriles is 1. The zero-order chi connectivity index (χ0) is 12.3. The third-order valence-corrected chi connectivity index (χ3v) is 4.11. The number of rotatable bonds is 3. The summed E-state index contributed by atoms with van der Waals surface area (Å²) in [6.45, 7) is 0.652. The first kappa shape index (κ1) is 12.4. The molecule has 4 heteroatoms. The molecule has 1 aromatic carbocycles. The van der Waals surface area contributed by atoms with E-state index in [0.717, 1.165) is 23.0 Å². The second kappa shape index (κ2) is 5.07. The van der Waals surface area contributed by atoms with Crippen LogP contribution in [0.4, 0.5) is 5.69 Å². The Morgan fingerprint density at radius 1 is 1.41 bits per heavy atom. The van der Waals surface area contributed by atoms with Gasteiger partial charge in [-0.05, 0) is 47.0 Å². The van der Waals surface area contributed by atoms with E-state index < -0.39 is 0 Å². The molecular formula is C13H16BrN3. The number of hydrogen-bond donors (Lipinski definition) is 2. The van der Waals surface area contributed by atoms with Crippen molar-refractivity contribution >= 4 is 21.6 Å². The zero-order valence-electron chi connectivity index (χ0n) is 9.67. The lowest BCUT2D eigenvalue weighted by molar-refractivity contribution is 0.493. The average Bonchev–Trinajstić information content (AvgIpc) is 2.81. The molecule has 1 aliphatic carbocycles. The van der Waals surface area contributed by atoms with E-state index in [1.54, 1.807) is 0 Å². The summed E-state index contributed by atoms with van der Waals surface area (Å²) in [4.78, 5) is 0. The van der Waals surface area contributed by atoms with Gasteiger partial charge >= 0.3 is 0 Å². The highest BCUT2D eigenvalue weighted by Gasteiger charge is 2.32. The smallest absolute Gasteiger partial charge is 0.0992 e. The van der Waals surface area contributed by atoms with Gasteiger partial charge in [0.15, 0.2) is 0 Å². The summed E-state index contributed by atoms with van der Waals surface area (Å²) >= 11 is 3.49. The second-order valence-corrected chi connectivity index (χ2v) is 5.48. The summed E-state index contributed by atoms with van der Waals surface area (Å²) in [6.07, 6.45) is 4.71. The highest BCUT2D eigenvalue weighted by atomic mass is 79.9. The molecule has 90 valence electrons. The average molecular weight is 294 g/mol. The summed E-state index contributed by atoms with van der Waals surface area (Å²) in [5, 5.41) is 12.4. The standard InChI is InChI=1S/C13H16BrN3/c14-11-7-10(8-15)3-4-12(11)17-13(9-16)5-1-2-6-13/h3-4,7,17H,1-2,5-6,9,16H2. The quantitative estimate of drug-likeness (QED) is 0.900. The molecule has 0 aromatic heterocycles. The van der Waals surface area contributed by atoms with Gasteiger partial charge in [-0.15, -0.1) is 0 Å². The van der Waals surface area contributed by atoms with Gasteiger partial charge in [0.25, 0.3) is 0 Å². The van der Waals surface area contributed by atoms with Crippen LogP contribution >= 0.6 is 15.9 Å². The molecule has 3 N–H and O–H groups in total. The Labute approximate surface area is 110 Å². The van der Waals surface area contributed by atoms with Crippen LogP contribution in [0.5, 0.6) is 0 Å². The molecule has 3 nitrogen and oxygen atoms in total. The maximum atomic E-state index is 8.82. The van der Waals surface area contributed by atoms with Crippen LogP contribution in [0.15, 0.2) is 22.7 Å². The molecule has 0 aliphatic heterocycles. The van der Waals surface area contributed by atoms with Gasteiger partial charge in [-0.1, -0.05) is 12.8 Å². The monoisotopic (exact) mass is 293 g/mol. The van der Waals surface area contributed by atoms with E-state index >= 15 is 0 Å². The zero-order valence-corrected chi connectivity index (χ0v) is 11.3. The van der Waals surface area contributed by atoms with Crippen LogP contribution in [0.2, 0.25) is 0 Å². The van der Waals surface area contributed by atoms with Crippen molar-refractivity contribution in [1.29, 1.82) is 5.26 Å². The fourth-order valence-electron chi connectivity index (χ4n) is 2.40. The molecule has 0 heterocycles. The number of nitrogens with zero attached hydrogens (tertiary/aromatic N) is 1. The SMILES string of the molecule is N#Cc1ccc(NC2(CN)CCCC2)c(Br)c1. The normalized spacial score (nSPS) is 17.7. The summed E-state index contributed by atoms with van der Waals surface area (Å²) < 4.78 is 0.927. The van der Waals surface area contributed by atoms with Gasteiger partial charge in [0.05, 0.1) is 11.6 Å². The topological polar surface area (TPSA) is 61.8 Å². The van der Waals surface area contributed by atoms with Crippen LogP contribution in [0, 0.1) is 11.3 Å². The maximum absolute atomic E-state index is 8.82. The molecule has 1 aliphatic rings. The Kier molecular flexibility index (Phi) is 3.70. The lowest BCUT2D eigenvalue weighted by Gasteiger charge is -2.30. The van der Waals surface area contributed by atoms with Crippen molar-refractivity contribution in [1.82, 2.24) is 0 Å². The Bertz CT molecular complexity index is 444. The molecule has 0 saturated heterocycles. The third-order valence-electron chi connectivity index (χ3n) is 3.45. The highest BCUT2D eigenvalue weighted by molar-refractivity contribution is 9.10. The number of anilines is 1. The largest absolute Gasteiger partial charge is 0.377 e. The van der Waals surface area contributed by atoms with E-state index in [-0.39, 0.29) is 5.54 Å². The molecule has 2 rings (SSSR count). The second-order valence-electron chi connectivity index (χ2n) is 4.62. The van der Waals surface area contributed by atoms with Gasteiger partial charge in [-0.25, -0.2) is 0 Å². The lowest BCUT2D eigenvalue weighted by Crippen LogP contribution is -2.42. The van der Waals surface area contributed by atoms with Crippen molar-refractivity contribution in [2.75, 3.05) is 11.9 Å². The minimum atomic E-state index is 0.0384. The van der Waals surface area contributed by atoms with Crippen molar-refractivity contribution < 1.29 is 0 Å². The highest BCUT2D eigenvalue weighted by Crippen LogP contribution is 2.34. The fraction of sp³-hybridized carbons (Fsp3) is 0.462. The van der Waals surface area contributed by atoms with Crippen LogP contribution in [0.25, 0.3) is 0 Å². The number of hydrogen-bond acceptors (Lipinski definition) is 3. The molecule has 0 spiro atoms. The first-order chi connectivity index (χ1) is 8.19. The fourth-order valence-corrected chi connectivity index (χ4v) is 2.88. The van der Waals surface area contributed by atoms with E-state index in [1.165, 1.54) is 12.8 Å². The predicted octanol–water partition coefficient (Wildman–Crippen LogP) is 3.00.